The van der Waals surface area contributed by atoms with E-state index < -0.39 is 0 Å². The summed E-state index contributed by atoms with van der Waals surface area (Å²) in [5.41, 5.74) is 0.885. The Kier molecular flexibility index (Phi) is 2.81. The molecule has 0 saturated heterocycles. The molecule has 0 aliphatic rings. The number of aromatic hydroxyl groups is 1. The van der Waals surface area contributed by atoms with Crippen LogP contribution >= 0.6 is 0 Å². The minimum Gasteiger partial charge on any atom is -0.508 e. The molecule has 0 bridgehead atoms. The third kappa shape index (κ3) is 2.16. The van der Waals surface area contributed by atoms with Gasteiger partial charge in [0.25, 0.3) is 0 Å². The molecule has 84 valence electrons. The number of phenols is 1. The highest BCUT2D eigenvalue weighted by Crippen LogP contribution is 2.20. The van der Waals surface area contributed by atoms with Crippen molar-refractivity contribution in [2.24, 2.45) is 7.05 Å². The van der Waals surface area contributed by atoms with Crippen molar-refractivity contribution in [2.45, 2.75) is 13.0 Å². The summed E-state index contributed by atoms with van der Waals surface area (Å²) < 4.78 is 1.97. The van der Waals surface area contributed by atoms with E-state index >= 15 is 0 Å². The van der Waals surface area contributed by atoms with E-state index in [4.69, 9.17) is 0 Å². The molecule has 0 fully saturated rings. The summed E-state index contributed by atoms with van der Waals surface area (Å²) in [7, 11) is 1.96. The van der Waals surface area contributed by atoms with Gasteiger partial charge >= 0.3 is 0 Å². The molecule has 0 radical (unpaired) electrons. The Morgan fingerprint density at radius 1 is 1.44 bits per heavy atom. The van der Waals surface area contributed by atoms with Gasteiger partial charge in [0.1, 0.15) is 11.6 Å². The van der Waals surface area contributed by atoms with Crippen LogP contribution in [-0.2, 0) is 7.05 Å². The summed E-state index contributed by atoms with van der Waals surface area (Å²) in [6.07, 6.45) is 3.69. The zero-order chi connectivity index (χ0) is 11.5. The topological polar surface area (TPSA) is 50.1 Å². The van der Waals surface area contributed by atoms with Gasteiger partial charge in [-0.1, -0.05) is 6.07 Å². The van der Waals surface area contributed by atoms with Gasteiger partial charge in [-0.3, -0.25) is 0 Å². The van der Waals surface area contributed by atoms with Crippen LogP contribution in [0.1, 0.15) is 18.8 Å². The number of hydrogen-bond acceptors (Lipinski definition) is 3. The van der Waals surface area contributed by atoms with E-state index in [1.54, 1.807) is 18.3 Å². The molecule has 0 saturated carbocycles. The molecule has 4 heteroatoms. The molecule has 2 aromatic rings. The first-order valence-electron chi connectivity index (χ1n) is 5.19. The van der Waals surface area contributed by atoms with Gasteiger partial charge in [0, 0.05) is 31.2 Å². The zero-order valence-corrected chi connectivity index (χ0v) is 9.38. The van der Waals surface area contributed by atoms with E-state index in [0.717, 1.165) is 11.5 Å². The number of nitrogens with zero attached hydrogens (tertiary/aromatic N) is 2. The van der Waals surface area contributed by atoms with Crippen molar-refractivity contribution in [3.63, 3.8) is 0 Å². The predicted molar refractivity (Wildman–Crippen MR) is 63.4 cm³/mol. The van der Waals surface area contributed by atoms with Crippen molar-refractivity contribution in [3.05, 3.63) is 42.5 Å². The van der Waals surface area contributed by atoms with Crippen molar-refractivity contribution in [2.75, 3.05) is 5.32 Å². The van der Waals surface area contributed by atoms with Crippen LogP contribution in [-0.4, -0.2) is 14.7 Å². The van der Waals surface area contributed by atoms with E-state index in [9.17, 15) is 5.11 Å². The van der Waals surface area contributed by atoms with Gasteiger partial charge in [-0.15, -0.1) is 0 Å². The Morgan fingerprint density at radius 3 is 2.88 bits per heavy atom. The largest absolute Gasteiger partial charge is 0.508 e. The smallest absolute Gasteiger partial charge is 0.130 e. The van der Waals surface area contributed by atoms with Crippen molar-refractivity contribution in [3.8, 4) is 5.75 Å². The molecule has 0 aliphatic carbocycles. The van der Waals surface area contributed by atoms with Gasteiger partial charge in [-0.2, -0.15) is 0 Å². The number of aromatic nitrogens is 2. The molecule has 1 heterocycles. The number of hydrogen-bond donors (Lipinski definition) is 2. The second-order valence-electron chi connectivity index (χ2n) is 3.81. The number of anilines is 1. The molecule has 1 aromatic carbocycles. The minimum atomic E-state index is 0.0989. The minimum absolute atomic E-state index is 0.0989. The predicted octanol–water partition coefficient (Wildman–Crippen LogP) is 2.30. The number of aryl methyl sites for hydroxylation is 1. The molecule has 2 rings (SSSR count). The van der Waals surface area contributed by atoms with E-state index in [1.165, 1.54) is 0 Å². The van der Waals surface area contributed by atoms with Gasteiger partial charge in [-0.05, 0) is 19.1 Å². The second kappa shape index (κ2) is 4.26. The summed E-state index contributed by atoms with van der Waals surface area (Å²) in [6, 6.07) is 7.17. The Morgan fingerprint density at radius 2 is 2.25 bits per heavy atom. The molecule has 0 aliphatic heterocycles. The normalized spacial score (nSPS) is 12.4. The number of imidazole rings is 1. The van der Waals surface area contributed by atoms with Crippen molar-refractivity contribution < 1.29 is 5.11 Å². The number of benzene rings is 1. The van der Waals surface area contributed by atoms with Crippen LogP contribution in [0.2, 0.25) is 0 Å². The fourth-order valence-corrected chi connectivity index (χ4v) is 1.70. The molecule has 4 nitrogen and oxygen atoms in total. The molecule has 0 amide bonds. The van der Waals surface area contributed by atoms with Crippen LogP contribution in [0, 0.1) is 0 Å². The molecule has 0 spiro atoms. The zero-order valence-electron chi connectivity index (χ0n) is 9.38. The maximum Gasteiger partial charge on any atom is 0.130 e. The summed E-state index contributed by atoms with van der Waals surface area (Å²) in [5.74, 6) is 1.22. The number of phenolic OH excluding ortho intramolecular Hbond substituents is 1. The lowest BCUT2D eigenvalue weighted by atomic mass is 10.2. The molecular formula is C12H15N3O. The first kappa shape index (κ1) is 10.5. The average molecular weight is 217 g/mol. The highest BCUT2D eigenvalue weighted by atomic mass is 16.3. The van der Waals surface area contributed by atoms with Crippen molar-refractivity contribution >= 4 is 5.69 Å². The molecule has 16 heavy (non-hydrogen) atoms. The Labute approximate surface area is 94.6 Å². The van der Waals surface area contributed by atoms with E-state index in [-0.39, 0.29) is 11.8 Å². The SMILES string of the molecule is CC(Nc1cccc(O)c1)c1nccn1C. The van der Waals surface area contributed by atoms with Crippen molar-refractivity contribution in [1.82, 2.24) is 9.55 Å². The lowest BCUT2D eigenvalue weighted by Crippen LogP contribution is -2.11. The second-order valence-corrected chi connectivity index (χ2v) is 3.81. The Bertz CT molecular complexity index is 479. The lowest BCUT2D eigenvalue weighted by molar-refractivity contribution is 0.475. The first-order chi connectivity index (χ1) is 7.66. The average Bonchev–Trinajstić information content (AvgIpc) is 2.64. The summed E-state index contributed by atoms with van der Waals surface area (Å²) in [5, 5.41) is 12.6. The molecular weight excluding hydrogens is 202 g/mol. The number of nitrogens with one attached hydrogen (secondary N) is 1. The summed E-state index contributed by atoms with van der Waals surface area (Å²) >= 11 is 0. The third-order valence-electron chi connectivity index (χ3n) is 2.48. The fraction of sp³-hybridized carbons (Fsp3) is 0.250. The monoisotopic (exact) mass is 217 g/mol. The lowest BCUT2D eigenvalue weighted by Gasteiger charge is -2.15. The van der Waals surface area contributed by atoms with Gasteiger partial charge in [0.2, 0.25) is 0 Å². The maximum atomic E-state index is 9.35. The van der Waals surface area contributed by atoms with Gasteiger partial charge in [0.05, 0.1) is 6.04 Å². The molecule has 1 unspecified atom stereocenters. The third-order valence-corrected chi connectivity index (χ3v) is 2.48. The van der Waals surface area contributed by atoms with E-state index in [2.05, 4.69) is 10.3 Å². The van der Waals surface area contributed by atoms with Crippen molar-refractivity contribution in [1.29, 1.82) is 0 Å². The van der Waals surface area contributed by atoms with Crippen LogP contribution < -0.4 is 5.32 Å². The first-order valence-corrected chi connectivity index (χ1v) is 5.19. The highest BCUT2D eigenvalue weighted by Gasteiger charge is 2.09. The quantitative estimate of drug-likeness (QED) is 0.829. The molecule has 1 aromatic heterocycles. The standard InChI is InChI=1S/C12H15N3O/c1-9(12-13-6-7-15(12)2)14-10-4-3-5-11(16)8-10/h3-9,14,16H,1-2H3. The van der Waals surface area contributed by atoms with Crippen LogP contribution in [0.25, 0.3) is 0 Å². The summed E-state index contributed by atoms with van der Waals surface area (Å²) in [6.45, 7) is 2.03. The fourth-order valence-electron chi connectivity index (χ4n) is 1.70. The van der Waals surface area contributed by atoms with Gasteiger partial charge < -0.3 is 15.0 Å². The van der Waals surface area contributed by atoms with Crippen LogP contribution in [0.4, 0.5) is 5.69 Å². The summed E-state index contributed by atoms with van der Waals surface area (Å²) in [4.78, 5) is 4.27. The van der Waals surface area contributed by atoms with E-state index in [1.807, 2.05) is 36.9 Å². The molecule has 1 atom stereocenters. The van der Waals surface area contributed by atoms with E-state index in [0.29, 0.717) is 0 Å². The highest BCUT2D eigenvalue weighted by molar-refractivity contribution is 5.48. The number of rotatable bonds is 3. The Hall–Kier alpha value is -1.97. The van der Waals surface area contributed by atoms with Crippen LogP contribution in [0.3, 0.4) is 0 Å². The van der Waals surface area contributed by atoms with Gasteiger partial charge in [-0.25, -0.2) is 4.98 Å². The van der Waals surface area contributed by atoms with Crippen LogP contribution in [0.15, 0.2) is 36.7 Å². The Balaban J connectivity index is 2.14. The maximum absolute atomic E-state index is 9.35. The van der Waals surface area contributed by atoms with Gasteiger partial charge in [0.15, 0.2) is 0 Å². The molecule has 2 N–H and O–H groups in total. The van der Waals surface area contributed by atoms with Crippen LogP contribution in [0.5, 0.6) is 5.75 Å².